The van der Waals surface area contributed by atoms with Crippen molar-refractivity contribution in [2.24, 2.45) is 5.41 Å². The van der Waals surface area contributed by atoms with Crippen molar-refractivity contribution in [1.82, 2.24) is 0 Å². The van der Waals surface area contributed by atoms with E-state index in [1.165, 1.54) is 44.2 Å². The molecule has 0 heterocycles. The second-order valence-corrected chi connectivity index (χ2v) is 6.57. The zero-order valence-electron chi connectivity index (χ0n) is 12.1. The van der Waals surface area contributed by atoms with Gasteiger partial charge in [0.05, 0.1) is 6.10 Å². The molecule has 1 atom stereocenters. The van der Waals surface area contributed by atoms with Gasteiger partial charge in [-0.1, -0.05) is 6.92 Å². The SMILES string of the molecule is CC(Nc1ccc(OC2CCCC2)cc1)C1(C)CC1. The number of hydrogen-bond acceptors (Lipinski definition) is 2. The van der Waals surface area contributed by atoms with Crippen LogP contribution >= 0.6 is 0 Å². The molecule has 1 unspecified atom stereocenters. The van der Waals surface area contributed by atoms with Crippen LogP contribution in [0.3, 0.4) is 0 Å². The standard InChI is InChI=1S/C17H25NO/c1-13(17(2)11-12-17)18-14-7-9-16(10-8-14)19-15-5-3-4-6-15/h7-10,13,15,18H,3-6,11-12H2,1-2H3. The Balaban J connectivity index is 1.56. The van der Waals surface area contributed by atoms with Gasteiger partial charge in [-0.15, -0.1) is 0 Å². The van der Waals surface area contributed by atoms with E-state index in [0.29, 0.717) is 17.6 Å². The van der Waals surface area contributed by atoms with Gasteiger partial charge in [0.2, 0.25) is 0 Å². The average Bonchev–Trinajstić information content (AvgIpc) is 2.96. The summed E-state index contributed by atoms with van der Waals surface area (Å²) in [5.74, 6) is 1.02. The summed E-state index contributed by atoms with van der Waals surface area (Å²) < 4.78 is 5.99. The molecule has 0 amide bonds. The van der Waals surface area contributed by atoms with Crippen LogP contribution in [-0.2, 0) is 0 Å². The molecule has 3 rings (SSSR count). The quantitative estimate of drug-likeness (QED) is 0.833. The number of rotatable bonds is 5. The van der Waals surface area contributed by atoms with Crippen LogP contribution in [0.15, 0.2) is 24.3 Å². The van der Waals surface area contributed by atoms with Crippen molar-refractivity contribution in [1.29, 1.82) is 0 Å². The van der Waals surface area contributed by atoms with Gasteiger partial charge >= 0.3 is 0 Å². The monoisotopic (exact) mass is 259 g/mol. The van der Waals surface area contributed by atoms with E-state index in [1.54, 1.807) is 0 Å². The first-order chi connectivity index (χ1) is 9.16. The molecule has 2 aliphatic carbocycles. The Kier molecular flexibility index (Phi) is 3.42. The van der Waals surface area contributed by atoms with Gasteiger partial charge in [-0.3, -0.25) is 0 Å². The lowest BCUT2D eigenvalue weighted by molar-refractivity contribution is 0.210. The van der Waals surface area contributed by atoms with E-state index in [1.807, 2.05) is 0 Å². The number of nitrogens with one attached hydrogen (secondary N) is 1. The van der Waals surface area contributed by atoms with E-state index in [-0.39, 0.29) is 0 Å². The second-order valence-electron chi connectivity index (χ2n) is 6.57. The summed E-state index contributed by atoms with van der Waals surface area (Å²) in [7, 11) is 0. The second kappa shape index (κ2) is 5.07. The molecule has 0 aliphatic heterocycles. The Bertz CT molecular complexity index is 415. The summed E-state index contributed by atoms with van der Waals surface area (Å²) in [6, 6.07) is 9.04. The molecule has 0 bridgehead atoms. The fourth-order valence-electron chi connectivity index (χ4n) is 2.88. The third kappa shape index (κ3) is 3.05. The molecule has 2 saturated carbocycles. The van der Waals surface area contributed by atoms with Crippen molar-refractivity contribution >= 4 is 5.69 Å². The Morgan fingerprint density at radius 1 is 1.16 bits per heavy atom. The molecular formula is C17H25NO. The minimum absolute atomic E-state index is 0.447. The first-order valence-electron chi connectivity index (χ1n) is 7.69. The van der Waals surface area contributed by atoms with Gasteiger partial charge in [0, 0.05) is 11.7 Å². The molecule has 2 fully saturated rings. The largest absolute Gasteiger partial charge is 0.490 e. The summed E-state index contributed by atoms with van der Waals surface area (Å²) in [6.45, 7) is 4.65. The zero-order chi connectivity index (χ0) is 13.3. The van der Waals surface area contributed by atoms with E-state index in [4.69, 9.17) is 4.74 Å². The van der Waals surface area contributed by atoms with Crippen molar-refractivity contribution in [3.8, 4) is 5.75 Å². The van der Waals surface area contributed by atoms with E-state index in [0.717, 1.165) is 5.75 Å². The average molecular weight is 259 g/mol. The van der Waals surface area contributed by atoms with Crippen LogP contribution in [-0.4, -0.2) is 12.1 Å². The normalized spacial score (nSPS) is 23.1. The van der Waals surface area contributed by atoms with Gasteiger partial charge < -0.3 is 10.1 Å². The highest BCUT2D eigenvalue weighted by Crippen LogP contribution is 2.48. The first kappa shape index (κ1) is 12.8. The van der Waals surface area contributed by atoms with Crippen LogP contribution < -0.4 is 10.1 Å². The van der Waals surface area contributed by atoms with Gasteiger partial charge in [0.15, 0.2) is 0 Å². The van der Waals surface area contributed by atoms with Gasteiger partial charge in [0.1, 0.15) is 5.75 Å². The number of hydrogen-bond donors (Lipinski definition) is 1. The van der Waals surface area contributed by atoms with Crippen molar-refractivity contribution < 1.29 is 4.74 Å². The Morgan fingerprint density at radius 2 is 1.79 bits per heavy atom. The molecule has 2 nitrogen and oxygen atoms in total. The number of anilines is 1. The minimum atomic E-state index is 0.447. The Hall–Kier alpha value is -1.18. The third-order valence-corrected chi connectivity index (χ3v) is 4.93. The maximum Gasteiger partial charge on any atom is 0.119 e. The molecule has 19 heavy (non-hydrogen) atoms. The van der Waals surface area contributed by atoms with E-state index >= 15 is 0 Å². The van der Waals surface area contributed by atoms with Crippen molar-refractivity contribution in [3.05, 3.63) is 24.3 Å². The van der Waals surface area contributed by atoms with Crippen molar-refractivity contribution in [2.45, 2.75) is 64.5 Å². The molecular weight excluding hydrogens is 234 g/mol. The van der Waals surface area contributed by atoms with E-state index < -0.39 is 0 Å². The molecule has 1 N–H and O–H groups in total. The summed E-state index contributed by atoms with van der Waals surface area (Å²) in [6.07, 6.45) is 8.22. The fraction of sp³-hybridized carbons (Fsp3) is 0.647. The number of ether oxygens (including phenoxy) is 1. The van der Waals surface area contributed by atoms with Crippen LogP contribution in [0.25, 0.3) is 0 Å². The first-order valence-corrected chi connectivity index (χ1v) is 7.69. The molecule has 0 radical (unpaired) electrons. The molecule has 1 aromatic carbocycles. The van der Waals surface area contributed by atoms with Gasteiger partial charge in [-0.05, 0) is 75.1 Å². The highest BCUT2D eigenvalue weighted by atomic mass is 16.5. The van der Waals surface area contributed by atoms with Crippen LogP contribution in [0.1, 0.15) is 52.4 Å². The molecule has 2 heteroatoms. The van der Waals surface area contributed by atoms with E-state index in [2.05, 4.69) is 43.4 Å². The van der Waals surface area contributed by atoms with Crippen LogP contribution in [0.5, 0.6) is 5.75 Å². The lowest BCUT2D eigenvalue weighted by atomic mass is 10.0. The van der Waals surface area contributed by atoms with Crippen LogP contribution in [0.4, 0.5) is 5.69 Å². The number of benzene rings is 1. The third-order valence-electron chi connectivity index (χ3n) is 4.93. The Labute approximate surface area is 116 Å². The molecule has 2 aliphatic rings. The molecule has 1 aromatic rings. The molecule has 104 valence electrons. The zero-order valence-corrected chi connectivity index (χ0v) is 12.1. The van der Waals surface area contributed by atoms with Gasteiger partial charge in [-0.2, -0.15) is 0 Å². The highest BCUT2D eigenvalue weighted by Gasteiger charge is 2.42. The van der Waals surface area contributed by atoms with Gasteiger partial charge in [0.25, 0.3) is 0 Å². The molecule has 0 aromatic heterocycles. The van der Waals surface area contributed by atoms with Gasteiger partial charge in [-0.25, -0.2) is 0 Å². The topological polar surface area (TPSA) is 21.3 Å². The summed E-state index contributed by atoms with van der Waals surface area (Å²) in [4.78, 5) is 0. The highest BCUT2D eigenvalue weighted by molar-refractivity contribution is 5.47. The van der Waals surface area contributed by atoms with Crippen molar-refractivity contribution in [3.63, 3.8) is 0 Å². The fourth-order valence-corrected chi connectivity index (χ4v) is 2.88. The maximum absolute atomic E-state index is 5.99. The lowest BCUT2D eigenvalue weighted by Crippen LogP contribution is -2.24. The predicted molar refractivity (Wildman–Crippen MR) is 79.8 cm³/mol. The van der Waals surface area contributed by atoms with Crippen LogP contribution in [0, 0.1) is 5.41 Å². The smallest absolute Gasteiger partial charge is 0.119 e. The van der Waals surface area contributed by atoms with Crippen molar-refractivity contribution in [2.75, 3.05) is 5.32 Å². The molecule has 0 spiro atoms. The minimum Gasteiger partial charge on any atom is -0.490 e. The van der Waals surface area contributed by atoms with E-state index in [9.17, 15) is 0 Å². The maximum atomic E-state index is 5.99. The molecule has 0 saturated heterocycles. The Morgan fingerprint density at radius 3 is 2.37 bits per heavy atom. The summed E-state index contributed by atoms with van der Waals surface area (Å²) in [5.41, 5.74) is 1.72. The summed E-state index contributed by atoms with van der Waals surface area (Å²) in [5, 5.41) is 3.61. The van der Waals surface area contributed by atoms with Crippen LogP contribution in [0.2, 0.25) is 0 Å². The summed E-state index contributed by atoms with van der Waals surface area (Å²) >= 11 is 0. The lowest BCUT2D eigenvalue weighted by Gasteiger charge is -2.22. The predicted octanol–water partition coefficient (Wildman–Crippen LogP) is 4.61.